The summed E-state index contributed by atoms with van der Waals surface area (Å²) in [6, 6.07) is 2.45. The first kappa shape index (κ1) is 12.3. The fourth-order valence-electron chi connectivity index (χ4n) is 2.08. The van der Waals surface area contributed by atoms with Gasteiger partial charge < -0.3 is 5.43 Å². The van der Waals surface area contributed by atoms with Crippen molar-refractivity contribution >= 4 is 5.82 Å². The number of hydrogen-bond acceptors (Lipinski definition) is 5. The smallest absolute Gasteiger partial charge is 0.145 e. The van der Waals surface area contributed by atoms with Gasteiger partial charge in [-0.2, -0.15) is 0 Å². The summed E-state index contributed by atoms with van der Waals surface area (Å²) < 4.78 is 0. The van der Waals surface area contributed by atoms with Crippen LogP contribution in [0.25, 0.3) is 0 Å². The molecule has 0 aromatic carbocycles. The van der Waals surface area contributed by atoms with E-state index in [9.17, 15) is 0 Å². The Morgan fingerprint density at radius 1 is 1.53 bits per heavy atom. The lowest BCUT2D eigenvalue weighted by molar-refractivity contribution is 0.221. The van der Waals surface area contributed by atoms with Crippen LogP contribution in [0, 0.1) is 12.8 Å². The van der Waals surface area contributed by atoms with Gasteiger partial charge in [0.2, 0.25) is 0 Å². The highest BCUT2D eigenvalue weighted by Gasteiger charge is 2.30. The number of nitrogens with two attached hydrogens (primary N) is 1. The first-order valence-corrected chi connectivity index (χ1v) is 6.11. The maximum Gasteiger partial charge on any atom is 0.145 e. The molecule has 1 aromatic rings. The van der Waals surface area contributed by atoms with Crippen LogP contribution in [-0.4, -0.2) is 28.0 Å². The largest absolute Gasteiger partial charge is 0.308 e. The van der Waals surface area contributed by atoms with Crippen molar-refractivity contribution in [2.75, 3.05) is 12.5 Å². The minimum atomic E-state index is 0.605. The summed E-state index contributed by atoms with van der Waals surface area (Å²) in [4.78, 5) is 11.1. The normalized spacial score (nSPS) is 17.2. The number of aromatic nitrogens is 2. The maximum absolute atomic E-state index is 5.38. The molecule has 17 heavy (non-hydrogen) atoms. The topological polar surface area (TPSA) is 67.1 Å². The molecular formula is C12H21N5. The molecule has 2 rings (SSSR count). The molecule has 0 radical (unpaired) electrons. The molecule has 94 valence electrons. The lowest BCUT2D eigenvalue weighted by atomic mass is 10.2. The Hall–Kier alpha value is -1.20. The van der Waals surface area contributed by atoms with E-state index < -0.39 is 0 Å². The van der Waals surface area contributed by atoms with E-state index in [1.165, 1.54) is 12.8 Å². The van der Waals surface area contributed by atoms with Crippen molar-refractivity contribution in [1.82, 2.24) is 14.9 Å². The van der Waals surface area contributed by atoms with E-state index in [2.05, 4.69) is 34.3 Å². The van der Waals surface area contributed by atoms with Crippen molar-refractivity contribution in [1.29, 1.82) is 0 Å². The van der Waals surface area contributed by atoms with Crippen LogP contribution >= 0.6 is 0 Å². The molecule has 3 N–H and O–H groups in total. The highest BCUT2D eigenvalue weighted by atomic mass is 15.3. The number of nitrogens with one attached hydrogen (secondary N) is 1. The van der Waals surface area contributed by atoms with E-state index in [0.717, 1.165) is 24.0 Å². The van der Waals surface area contributed by atoms with Crippen LogP contribution in [0.1, 0.15) is 31.3 Å². The van der Waals surface area contributed by atoms with E-state index in [1.54, 1.807) is 0 Å². The van der Waals surface area contributed by atoms with E-state index in [4.69, 9.17) is 5.84 Å². The molecular weight excluding hydrogens is 214 g/mol. The highest BCUT2D eigenvalue weighted by Crippen LogP contribution is 2.34. The standard InChI is InChI=1S/C12H21N5/c1-8-6-11(16-13)15-12(14-8)7-17(3)9(2)10-4-5-10/h6,9-10H,4-5,7,13H2,1-3H3,(H,14,15,16). The van der Waals surface area contributed by atoms with Crippen molar-refractivity contribution in [2.45, 2.75) is 39.3 Å². The number of hydrazine groups is 1. The van der Waals surface area contributed by atoms with Gasteiger partial charge in [0, 0.05) is 17.8 Å². The third-order valence-electron chi connectivity index (χ3n) is 3.44. The van der Waals surface area contributed by atoms with Crippen LogP contribution in [0.15, 0.2) is 6.07 Å². The van der Waals surface area contributed by atoms with Gasteiger partial charge in [-0.15, -0.1) is 0 Å². The fraction of sp³-hybridized carbons (Fsp3) is 0.667. The molecule has 1 fully saturated rings. The zero-order chi connectivity index (χ0) is 12.4. The molecule has 5 nitrogen and oxygen atoms in total. The Labute approximate surface area is 102 Å². The molecule has 1 aromatic heterocycles. The Kier molecular flexibility index (Phi) is 3.59. The summed E-state index contributed by atoms with van der Waals surface area (Å²) in [5.74, 6) is 7.75. The van der Waals surface area contributed by atoms with Gasteiger partial charge in [0.1, 0.15) is 11.6 Å². The Bertz CT molecular complexity index is 388. The SMILES string of the molecule is Cc1cc(NN)nc(CN(C)C(C)C2CC2)n1. The van der Waals surface area contributed by atoms with Crippen LogP contribution in [0.3, 0.4) is 0 Å². The zero-order valence-corrected chi connectivity index (χ0v) is 10.8. The van der Waals surface area contributed by atoms with Gasteiger partial charge in [-0.25, -0.2) is 15.8 Å². The van der Waals surface area contributed by atoms with Crippen LogP contribution in [0.5, 0.6) is 0 Å². The number of anilines is 1. The summed E-state index contributed by atoms with van der Waals surface area (Å²) in [5, 5.41) is 0. The van der Waals surface area contributed by atoms with E-state index in [-0.39, 0.29) is 0 Å². The third kappa shape index (κ3) is 3.14. The molecule has 5 heteroatoms. The van der Waals surface area contributed by atoms with E-state index in [1.807, 2.05) is 13.0 Å². The number of rotatable bonds is 5. The van der Waals surface area contributed by atoms with Crippen molar-refractivity contribution in [3.05, 3.63) is 17.6 Å². The second kappa shape index (κ2) is 4.98. The van der Waals surface area contributed by atoms with Gasteiger partial charge in [-0.3, -0.25) is 4.90 Å². The maximum atomic E-state index is 5.38. The average molecular weight is 235 g/mol. The van der Waals surface area contributed by atoms with Gasteiger partial charge in [-0.1, -0.05) is 0 Å². The Morgan fingerprint density at radius 3 is 2.82 bits per heavy atom. The van der Waals surface area contributed by atoms with Gasteiger partial charge in [0.15, 0.2) is 0 Å². The summed E-state index contributed by atoms with van der Waals surface area (Å²) in [6.45, 7) is 5.00. The number of nitrogens with zero attached hydrogens (tertiary/aromatic N) is 3. The van der Waals surface area contributed by atoms with E-state index in [0.29, 0.717) is 11.9 Å². The number of hydrogen-bond donors (Lipinski definition) is 2. The second-order valence-electron chi connectivity index (χ2n) is 4.95. The van der Waals surface area contributed by atoms with Crippen LogP contribution in [-0.2, 0) is 6.54 Å². The predicted octanol–water partition coefficient (Wildman–Crippen LogP) is 1.30. The van der Waals surface area contributed by atoms with Crippen molar-refractivity contribution in [2.24, 2.45) is 11.8 Å². The quantitative estimate of drug-likeness (QED) is 0.595. The lowest BCUT2D eigenvalue weighted by Crippen LogP contribution is -2.31. The van der Waals surface area contributed by atoms with Crippen molar-refractivity contribution in [3.63, 3.8) is 0 Å². The summed E-state index contributed by atoms with van der Waals surface area (Å²) in [7, 11) is 2.13. The first-order chi connectivity index (χ1) is 8.10. The number of nitrogen functional groups attached to an aromatic ring is 1. The monoisotopic (exact) mass is 235 g/mol. The Morgan fingerprint density at radius 2 is 2.24 bits per heavy atom. The van der Waals surface area contributed by atoms with Crippen LogP contribution < -0.4 is 11.3 Å². The summed E-state index contributed by atoms with van der Waals surface area (Å²) >= 11 is 0. The minimum absolute atomic E-state index is 0.605. The molecule has 1 aliphatic rings. The van der Waals surface area contributed by atoms with Crippen LogP contribution in [0.2, 0.25) is 0 Å². The van der Waals surface area contributed by atoms with Gasteiger partial charge in [0.25, 0.3) is 0 Å². The lowest BCUT2D eigenvalue weighted by Gasteiger charge is -2.23. The first-order valence-electron chi connectivity index (χ1n) is 6.11. The van der Waals surface area contributed by atoms with Gasteiger partial charge in [-0.05, 0) is 39.7 Å². The van der Waals surface area contributed by atoms with E-state index >= 15 is 0 Å². The molecule has 1 unspecified atom stereocenters. The molecule has 0 amide bonds. The third-order valence-corrected chi connectivity index (χ3v) is 3.44. The fourth-order valence-corrected chi connectivity index (χ4v) is 2.08. The minimum Gasteiger partial charge on any atom is -0.308 e. The highest BCUT2D eigenvalue weighted by molar-refractivity contribution is 5.33. The second-order valence-corrected chi connectivity index (χ2v) is 4.95. The van der Waals surface area contributed by atoms with Crippen LogP contribution in [0.4, 0.5) is 5.82 Å². The van der Waals surface area contributed by atoms with Crippen molar-refractivity contribution < 1.29 is 0 Å². The Balaban J connectivity index is 2.03. The average Bonchev–Trinajstić information content (AvgIpc) is 3.10. The van der Waals surface area contributed by atoms with Gasteiger partial charge in [0.05, 0.1) is 6.54 Å². The molecule has 1 heterocycles. The predicted molar refractivity (Wildman–Crippen MR) is 68.2 cm³/mol. The zero-order valence-electron chi connectivity index (χ0n) is 10.8. The van der Waals surface area contributed by atoms with Crippen molar-refractivity contribution in [3.8, 4) is 0 Å². The number of aryl methyl sites for hydroxylation is 1. The summed E-state index contributed by atoms with van der Waals surface area (Å²) in [6.07, 6.45) is 2.71. The van der Waals surface area contributed by atoms with Gasteiger partial charge >= 0.3 is 0 Å². The molecule has 1 aliphatic carbocycles. The summed E-state index contributed by atoms with van der Waals surface area (Å²) in [5.41, 5.74) is 3.52. The molecule has 1 atom stereocenters. The molecule has 0 spiro atoms. The molecule has 1 saturated carbocycles. The molecule has 0 saturated heterocycles. The molecule has 0 aliphatic heterocycles. The molecule has 0 bridgehead atoms.